The molecule has 0 atom stereocenters. The van der Waals surface area contributed by atoms with E-state index in [0.29, 0.717) is 0 Å². The third-order valence-electron chi connectivity index (χ3n) is 2.47. The van der Waals surface area contributed by atoms with Crippen LogP contribution in [0.1, 0.15) is 5.56 Å². The molecule has 0 heterocycles. The van der Waals surface area contributed by atoms with Gasteiger partial charge in [0.2, 0.25) is 3.57 Å². The lowest BCUT2D eigenvalue weighted by Gasteiger charge is -1.96. The zero-order chi connectivity index (χ0) is 14.4. The van der Waals surface area contributed by atoms with Crippen molar-refractivity contribution in [2.75, 3.05) is 0 Å². The van der Waals surface area contributed by atoms with E-state index in [0.717, 1.165) is 9.13 Å². The molecule has 0 spiro atoms. The normalized spacial score (nSPS) is 9.30. The Morgan fingerprint density at radius 1 is 1.05 bits per heavy atom. The van der Waals surface area contributed by atoms with Crippen LogP contribution in [0.2, 0.25) is 0 Å². The number of aromatic hydroxyl groups is 1. The van der Waals surface area contributed by atoms with Gasteiger partial charge in [-0.1, -0.05) is 24.3 Å². The number of phenolic OH excluding ortho intramolecular Hbond substituents is 1. The van der Waals surface area contributed by atoms with E-state index in [1.807, 2.05) is 48.5 Å². The molecule has 0 aliphatic rings. The van der Waals surface area contributed by atoms with Gasteiger partial charge in [-0.3, -0.25) is 0 Å². The smallest absolute Gasteiger partial charge is 0.362 e. The monoisotopic (exact) mass is 373 g/mol. The number of hydrogen-bond donors (Lipinski definition) is 1. The average Bonchev–Trinajstić information content (AvgIpc) is 2.49. The standard InChI is InChI=1S/C16H9IN2O/c18-10-13(11-19)8-12-6-7-16(20)15(9-12)17-14-4-2-1-3-5-14/h1-9H/p+1. The second-order valence-electron chi connectivity index (χ2n) is 3.88. The molecule has 0 saturated heterocycles. The van der Waals surface area contributed by atoms with Crippen molar-refractivity contribution in [2.45, 2.75) is 0 Å². The third kappa shape index (κ3) is 3.59. The van der Waals surface area contributed by atoms with E-state index in [9.17, 15) is 5.11 Å². The van der Waals surface area contributed by atoms with Crippen LogP contribution >= 0.6 is 0 Å². The Morgan fingerprint density at radius 3 is 2.40 bits per heavy atom. The summed E-state index contributed by atoms with van der Waals surface area (Å²) in [4.78, 5) is 0. The summed E-state index contributed by atoms with van der Waals surface area (Å²) in [6.45, 7) is 0. The molecule has 2 rings (SSSR count). The van der Waals surface area contributed by atoms with Crippen LogP contribution in [0.5, 0.6) is 5.75 Å². The van der Waals surface area contributed by atoms with Crippen molar-refractivity contribution in [3.8, 4) is 17.9 Å². The summed E-state index contributed by atoms with van der Waals surface area (Å²) in [6.07, 6.45) is 1.53. The molecule has 2 aromatic rings. The molecule has 0 fully saturated rings. The summed E-state index contributed by atoms with van der Waals surface area (Å²) < 4.78 is 2.07. The fraction of sp³-hybridized carbons (Fsp3) is 0. The zero-order valence-corrected chi connectivity index (χ0v) is 12.6. The fourth-order valence-electron chi connectivity index (χ4n) is 1.54. The summed E-state index contributed by atoms with van der Waals surface area (Å²) in [6, 6.07) is 18.8. The Balaban J connectivity index is 2.33. The summed E-state index contributed by atoms with van der Waals surface area (Å²) >= 11 is -0.490. The van der Waals surface area contributed by atoms with Crippen molar-refractivity contribution in [3.63, 3.8) is 0 Å². The van der Waals surface area contributed by atoms with E-state index >= 15 is 0 Å². The van der Waals surface area contributed by atoms with E-state index in [-0.39, 0.29) is 11.3 Å². The molecule has 0 amide bonds. The molecule has 0 radical (unpaired) electrons. The predicted octanol–water partition coefficient (Wildman–Crippen LogP) is -0.0488. The number of phenols is 1. The highest BCUT2D eigenvalue weighted by Crippen LogP contribution is 2.13. The number of benzene rings is 2. The molecule has 1 N–H and O–H groups in total. The van der Waals surface area contributed by atoms with Gasteiger partial charge in [-0.25, -0.2) is 0 Å². The van der Waals surface area contributed by atoms with Gasteiger partial charge in [0, 0.05) is 6.07 Å². The highest BCUT2D eigenvalue weighted by molar-refractivity contribution is 5.62. The van der Waals surface area contributed by atoms with Crippen LogP contribution in [0.4, 0.5) is 0 Å². The van der Waals surface area contributed by atoms with E-state index in [1.165, 1.54) is 9.65 Å². The molecule has 20 heavy (non-hydrogen) atoms. The van der Waals surface area contributed by atoms with Crippen molar-refractivity contribution in [3.05, 3.63) is 66.8 Å². The largest absolute Gasteiger partial charge is 0.504 e. The lowest BCUT2D eigenvalue weighted by molar-refractivity contribution is -0.598. The van der Waals surface area contributed by atoms with Crippen molar-refractivity contribution in [2.24, 2.45) is 0 Å². The molecular weight excluding hydrogens is 363 g/mol. The number of nitriles is 2. The lowest BCUT2D eigenvalue weighted by Crippen LogP contribution is -3.61. The van der Waals surface area contributed by atoms with Crippen LogP contribution in [0.15, 0.2) is 54.1 Å². The van der Waals surface area contributed by atoms with Gasteiger partial charge in [-0.15, -0.1) is 0 Å². The minimum Gasteiger partial charge on any atom is -0.504 e. The number of rotatable bonds is 3. The lowest BCUT2D eigenvalue weighted by atomic mass is 10.1. The summed E-state index contributed by atoms with van der Waals surface area (Å²) in [5.41, 5.74) is 0.811. The molecule has 0 unspecified atom stereocenters. The minimum absolute atomic E-state index is 0.0551. The Labute approximate surface area is 127 Å². The van der Waals surface area contributed by atoms with E-state index in [1.54, 1.807) is 12.1 Å². The first-order valence-corrected chi connectivity index (χ1v) is 7.93. The Hall–Kier alpha value is -2.31. The summed E-state index contributed by atoms with van der Waals surface area (Å²) in [7, 11) is 0. The van der Waals surface area contributed by atoms with Gasteiger partial charge in [-0.05, 0) is 29.8 Å². The van der Waals surface area contributed by atoms with E-state index in [2.05, 4.69) is 0 Å². The first-order chi connectivity index (χ1) is 9.72. The van der Waals surface area contributed by atoms with Crippen molar-refractivity contribution < 1.29 is 26.3 Å². The maximum atomic E-state index is 9.92. The first-order valence-electron chi connectivity index (χ1n) is 5.77. The van der Waals surface area contributed by atoms with E-state index < -0.39 is 21.2 Å². The van der Waals surface area contributed by atoms with Gasteiger partial charge in [-0.2, -0.15) is 10.5 Å². The summed E-state index contributed by atoms with van der Waals surface area (Å²) in [5, 5.41) is 27.4. The number of nitrogens with zero attached hydrogens (tertiary/aromatic N) is 2. The van der Waals surface area contributed by atoms with Crippen LogP contribution in [0, 0.1) is 29.8 Å². The SMILES string of the molecule is N#CC(C#N)=Cc1ccc(O)c([I+]c2ccccc2)c1. The highest BCUT2D eigenvalue weighted by Gasteiger charge is 2.20. The maximum Gasteiger partial charge on any atom is 0.362 e. The van der Waals surface area contributed by atoms with Crippen LogP contribution in [-0.2, 0) is 0 Å². The van der Waals surface area contributed by atoms with Crippen molar-refractivity contribution >= 4 is 6.08 Å². The van der Waals surface area contributed by atoms with Crippen molar-refractivity contribution in [1.82, 2.24) is 0 Å². The molecule has 3 nitrogen and oxygen atoms in total. The molecule has 4 heteroatoms. The summed E-state index contributed by atoms with van der Waals surface area (Å²) in [5.74, 6) is 0.259. The van der Waals surface area contributed by atoms with Crippen LogP contribution in [0.3, 0.4) is 0 Å². The van der Waals surface area contributed by atoms with Crippen LogP contribution in [-0.4, -0.2) is 5.11 Å². The second kappa shape index (κ2) is 6.74. The van der Waals surface area contributed by atoms with Gasteiger partial charge >= 0.3 is 21.2 Å². The minimum atomic E-state index is -0.490. The molecule has 0 aliphatic carbocycles. The molecule has 2 aromatic carbocycles. The first kappa shape index (κ1) is 14.1. The van der Waals surface area contributed by atoms with Gasteiger partial charge in [0.25, 0.3) is 0 Å². The molecule has 0 bridgehead atoms. The van der Waals surface area contributed by atoms with Gasteiger partial charge in [0.05, 0.1) is 0 Å². The quantitative estimate of drug-likeness (QED) is 0.606. The molecule has 0 aliphatic heterocycles. The van der Waals surface area contributed by atoms with Crippen LogP contribution in [0.25, 0.3) is 6.08 Å². The number of allylic oxidation sites excluding steroid dienone is 1. The Bertz CT molecular complexity index is 708. The zero-order valence-electron chi connectivity index (χ0n) is 10.4. The van der Waals surface area contributed by atoms with Crippen LogP contribution < -0.4 is 21.2 Å². The fourth-order valence-corrected chi connectivity index (χ4v) is 3.96. The van der Waals surface area contributed by atoms with E-state index in [4.69, 9.17) is 10.5 Å². The Kier molecular flexibility index (Phi) is 4.75. The van der Waals surface area contributed by atoms with Gasteiger partial charge in [0.15, 0.2) is 9.32 Å². The number of hydrogen-bond acceptors (Lipinski definition) is 3. The van der Waals surface area contributed by atoms with Gasteiger partial charge < -0.3 is 5.11 Å². The maximum absolute atomic E-state index is 9.92. The third-order valence-corrected chi connectivity index (χ3v) is 5.25. The average molecular weight is 373 g/mol. The molecule has 96 valence electrons. The predicted molar refractivity (Wildman–Crippen MR) is 71.1 cm³/mol. The van der Waals surface area contributed by atoms with Gasteiger partial charge in [0.1, 0.15) is 17.7 Å². The topological polar surface area (TPSA) is 67.8 Å². The molecule has 0 saturated carbocycles. The second-order valence-corrected chi connectivity index (χ2v) is 6.83. The Morgan fingerprint density at radius 2 is 1.75 bits per heavy atom. The molecule has 0 aromatic heterocycles. The number of halogens is 1. The highest BCUT2D eigenvalue weighted by atomic mass is 127. The molecular formula is C16H10IN2O+. The van der Waals surface area contributed by atoms with Crippen molar-refractivity contribution in [1.29, 1.82) is 10.5 Å².